The number of carbonyl (C=O) groups is 2. The highest BCUT2D eigenvalue weighted by Gasteiger charge is 2.20. The Morgan fingerprint density at radius 3 is 2.53 bits per heavy atom. The van der Waals surface area contributed by atoms with Crippen molar-refractivity contribution >= 4 is 53.0 Å². The molecule has 10 heteroatoms. The molecule has 1 fully saturated rings. The third kappa shape index (κ3) is 10.5. The molecule has 0 spiro atoms. The summed E-state index contributed by atoms with van der Waals surface area (Å²) in [5.74, 6) is 0. The van der Waals surface area contributed by atoms with Crippen LogP contribution < -0.4 is 15.4 Å². The van der Waals surface area contributed by atoms with Gasteiger partial charge in [-0.1, -0.05) is 60.7 Å². The first kappa shape index (κ1) is 28.4. The Morgan fingerprint density at radius 2 is 1.78 bits per heavy atom. The Balaban J connectivity index is 1.41. The third-order valence-electron chi connectivity index (χ3n) is 5.87. The molecule has 1 aliphatic carbocycles. The van der Waals surface area contributed by atoms with E-state index in [1.54, 1.807) is 23.1 Å². The number of hydrogen-bond acceptors (Lipinski definition) is 5. The van der Waals surface area contributed by atoms with Crippen LogP contribution in [0.25, 0.3) is 0 Å². The first-order valence-electron chi connectivity index (χ1n) is 12.4. The van der Waals surface area contributed by atoms with E-state index in [2.05, 4.69) is 15.4 Å². The van der Waals surface area contributed by atoms with Crippen LogP contribution in [0.15, 0.2) is 53.4 Å². The number of rotatable bonds is 12. The van der Waals surface area contributed by atoms with E-state index in [1.165, 1.54) is 18.4 Å². The van der Waals surface area contributed by atoms with Crippen molar-refractivity contribution in [1.82, 2.24) is 14.9 Å². The maximum atomic E-state index is 13.0. The number of benzene rings is 2. The molecule has 0 bridgehead atoms. The number of urea groups is 1. The predicted octanol–water partition coefficient (Wildman–Crippen LogP) is 6.96. The molecule has 3 rings (SSSR count). The summed E-state index contributed by atoms with van der Waals surface area (Å²) in [6.45, 7) is 1.80. The quantitative estimate of drug-likeness (QED) is 0.196. The molecular formula is C26H34Cl2N4O3S. The van der Waals surface area contributed by atoms with Crippen molar-refractivity contribution in [3.05, 3.63) is 58.6 Å². The third-order valence-corrected chi connectivity index (χ3v) is 7.45. The number of anilines is 1. The minimum Gasteiger partial charge on any atom is -0.447 e. The maximum absolute atomic E-state index is 13.0. The summed E-state index contributed by atoms with van der Waals surface area (Å²) in [6, 6.07) is 14.7. The largest absolute Gasteiger partial charge is 0.447 e. The Hall–Kier alpha value is -2.13. The van der Waals surface area contributed by atoms with Crippen LogP contribution in [-0.4, -0.2) is 49.3 Å². The van der Waals surface area contributed by atoms with Gasteiger partial charge in [-0.3, -0.25) is 10.0 Å². The number of amides is 3. The topological polar surface area (TPSA) is 82.7 Å². The second-order valence-corrected chi connectivity index (χ2v) is 10.5. The molecular weight excluding hydrogens is 519 g/mol. The fraction of sp³-hybridized carbons (Fsp3) is 0.462. The highest BCUT2D eigenvalue weighted by Crippen LogP contribution is 2.27. The van der Waals surface area contributed by atoms with Crippen molar-refractivity contribution in [3.8, 4) is 0 Å². The van der Waals surface area contributed by atoms with Crippen LogP contribution in [0.2, 0.25) is 10.0 Å². The van der Waals surface area contributed by atoms with Crippen LogP contribution in [0.1, 0.15) is 44.9 Å². The van der Waals surface area contributed by atoms with Gasteiger partial charge < -0.3 is 15.0 Å². The highest BCUT2D eigenvalue weighted by atomic mass is 35.5. The van der Waals surface area contributed by atoms with Gasteiger partial charge in [0.05, 0.1) is 11.6 Å². The Bertz CT molecular complexity index is 961. The van der Waals surface area contributed by atoms with Gasteiger partial charge in [-0.2, -0.15) is 0 Å². The van der Waals surface area contributed by atoms with Gasteiger partial charge in [0.2, 0.25) is 0 Å². The van der Waals surface area contributed by atoms with E-state index < -0.39 is 6.09 Å². The van der Waals surface area contributed by atoms with E-state index >= 15 is 0 Å². The van der Waals surface area contributed by atoms with Gasteiger partial charge >= 0.3 is 12.1 Å². The summed E-state index contributed by atoms with van der Waals surface area (Å²) in [7, 11) is 0. The van der Waals surface area contributed by atoms with Gasteiger partial charge in [0.25, 0.3) is 0 Å². The summed E-state index contributed by atoms with van der Waals surface area (Å²) in [5, 5.41) is 7.08. The van der Waals surface area contributed by atoms with Crippen LogP contribution in [0, 0.1) is 0 Å². The fourth-order valence-corrected chi connectivity index (χ4v) is 5.16. The summed E-state index contributed by atoms with van der Waals surface area (Å²) < 4.78 is 8.63. The van der Waals surface area contributed by atoms with Crippen LogP contribution in [0.4, 0.5) is 15.3 Å². The smallest absolute Gasteiger partial charge is 0.411 e. The lowest BCUT2D eigenvalue weighted by Gasteiger charge is -2.28. The van der Waals surface area contributed by atoms with Crippen molar-refractivity contribution in [3.63, 3.8) is 0 Å². The van der Waals surface area contributed by atoms with E-state index in [-0.39, 0.29) is 18.7 Å². The average molecular weight is 554 g/mol. The molecule has 1 saturated carbocycles. The number of hydrogen-bond donors (Lipinski definition) is 3. The lowest BCUT2D eigenvalue weighted by molar-refractivity contribution is 0.138. The first-order valence-corrected chi connectivity index (χ1v) is 14.0. The van der Waals surface area contributed by atoms with Crippen molar-refractivity contribution in [1.29, 1.82) is 0 Å². The van der Waals surface area contributed by atoms with Crippen molar-refractivity contribution in [2.45, 2.75) is 55.9 Å². The highest BCUT2D eigenvalue weighted by molar-refractivity contribution is 7.97. The number of ether oxygens (including phenoxy) is 1. The second-order valence-electron chi connectivity index (χ2n) is 8.68. The molecule has 0 radical (unpaired) electrons. The van der Waals surface area contributed by atoms with Crippen LogP contribution in [0.5, 0.6) is 0 Å². The standard InChI is InChI=1S/C26H34Cl2N4O3S/c27-20-13-14-24(23(28)19-20)36-29-15-7-8-16-32(25(33)30-21-9-3-1-4-10-21)17-18-35-26(34)31-22-11-5-2-6-12-22/h2,5-6,11-14,19,21,29H,1,3-4,7-10,15-18H2,(H,30,33)(H,31,34). The first-order chi connectivity index (χ1) is 17.5. The summed E-state index contributed by atoms with van der Waals surface area (Å²) in [4.78, 5) is 27.7. The lowest BCUT2D eigenvalue weighted by Crippen LogP contribution is -2.47. The molecule has 0 aromatic heterocycles. The van der Waals surface area contributed by atoms with E-state index in [0.717, 1.165) is 50.0 Å². The maximum Gasteiger partial charge on any atom is 0.411 e. The molecule has 7 nitrogen and oxygen atoms in total. The Kier molecular flexibility index (Phi) is 12.5. The molecule has 2 aromatic rings. The molecule has 196 valence electrons. The lowest BCUT2D eigenvalue weighted by atomic mass is 9.96. The van der Waals surface area contributed by atoms with E-state index in [9.17, 15) is 9.59 Å². The van der Waals surface area contributed by atoms with Gasteiger partial charge in [0.15, 0.2) is 0 Å². The minimum atomic E-state index is -0.532. The van der Waals surface area contributed by atoms with Crippen LogP contribution in [-0.2, 0) is 4.74 Å². The molecule has 1 aliphatic rings. The van der Waals surface area contributed by atoms with Crippen LogP contribution >= 0.6 is 35.1 Å². The van der Waals surface area contributed by atoms with Crippen LogP contribution in [0.3, 0.4) is 0 Å². The number of nitrogens with one attached hydrogen (secondary N) is 3. The Labute approximate surface area is 227 Å². The van der Waals surface area contributed by atoms with Gasteiger partial charge in [-0.25, -0.2) is 9.59 Å². The zero-order valence-electron chi connectivity index (χ0n) is 20.3. The Morgan fingerprint density at radius 1 is 1.00 bits per heavy atom. The van der Waals surface area contributed by atoms with Gasteiger partial charge in [0, 0.05) is 34.7 Å². The number of carbonyl (C=O) groups excluding carboxylic acids is 2. The molecule has 0 saturated heterocycles. The second kappa shape index (κ2) is 15.9. The summed E-state index contributed by atoms with van der Waals surface area (Å²) in [6.07, 6.45) is 6.72. The zero-order valence-corrected chi connectivity index (χ0v) is 22.6. The monoisotopic (exact) mass is 552 g/mol. The molecule has 0 aliphatic heterocycles. The van der Waals surface area contributed by atoms with Gasteiger partial charge in [-0.15, -0.1) is 0 Å². The van der Waals surface area contributed by atoms with Gasteiger partial charge in [-0.05, 0) is 68.0 Å². The molecule has 0 unspecified atom stereocenters. The number of halogens is 2. The number of unbranched alkanes of at least 4 members (excludes halogenated alkanes) is 1. The van der Waals surface area contributed by atoms with E-state index in [4.69, 9.17) is 27.9 Å². The average Bonchev–Trinajstić information content (AvgIpc) is 2.87. The normalized spacial score (nSPS) is 13.7. The predicted molar refractivity (Wildman–Crippen MR) is 148 cm³/mol. The van der Waals surface area contributed by atoms with E-state index in [1.807, 2.05) is 30.3 Å². The van der Waals surface area contributed by atoms with Crippen molar-refractivity contribution < 1.29 is 14.3 Å². The molecule has 0 heterocycles. The summed E-state index contributed by atoms with van der Waals surface area (Å²) >= 11 is 13.6. The minimum absolute atomic E-state index is 0.0933. The number of nitrogens with zero attached hydrogens (tertiary/aromatic N) is 1. The number of para-hydroxylation sites is 1. The van der Waals surface area contributed by atoms with Crippen molar-refractivity contribution in [2.24, 2.45) is 0 Å². The summed E-state index contributed by atoms with van der Waals surface area (Å²) in [5.41, 5.74) is 0.666. The molecule has 3 amide bonds. The molecule has 3 N–H and O–H groups in total. The SMILES string of the molecule is O=C(Nc1ccccc1)OCCN(CCCCNSc1ccc(Cl)cc1Cl)C(=O)NC1CCCCC1. The van der Waals surface area contributed by atoms with E-state index in [0.29, 0.717) is 28.8 Å². The molecule has 0 atom stereocenters. The molecule has 2 aromatic carbocycles. The fourth-order valence-electron chi connectivity index (χ4n) is 3.94. The zero-order chi connectivity index (χ0) is 25.6. The molecule has 36 heavy (non-hydrogen) atoms. The van der Waals surface area contributed by atoms with Crippen molar-refractivity contribution in [2.75, 3.05) is 31.6 Å². The van der Waals surface area contributed by atoms with Gasteiger partial charge in [0.1, 0.15) is 6.61 Å².